The van der Waals surface area contributed by atoms with Crippen molar-refractivity contribution in [1.29, 1.82) is 0 Å². The number of carbonyl (C=O) groups excluding carboxylic acids is 2. The second-order valence-electron chi connectivity index (χ2n) is 5.69. The van der Waals surface area contributed by atoms with Crippen molar-refractivity contribution in [2.24, 2.45) is 0 Å². The van der Waals surface area contributed by atoms with Crippen LogP contribution in [0.25, 0.3) is 6.08 Å². The number of carbonyl (C=O) groups is 3. The highest BCUT2D eigenvalue weighted by Gasteiger charge is 2.35. The van der Waals surface area contributed by atoms with Gasteiger partial charge in [0.2, 0.25) is 0 Å². The minimum Gasteiger partial charge on any atom is -0.481 e. The number of halogens is 2. The van der Waals surface area contributed by atoms with Gasteiger partial charge in [-0.05, 0) is 36.0 Å². The van der Waals surface area contributed by atoms with E-state index in [9.17, 15) is 14.4 Å². The highest BCUT2D eigenvalue weighted by atomic mass is 35.5. The molecule has 1 aliphatic rings. The van der Waals surface area contributed by atoms with E-state index >= 15 is 0 Å². The Balaban J connectivity index is 1.85. The van der Waals surface area contributed by atoms with Crippen LogP contribution < -0.4 is 4.74 Å². The molecule has 0 aliphatic carbocycles. The number of imide groups is 1. The quantitative estimate of drug-likeness (QED) is 0.659. The molecule has 6 nitrogen and oxygen atoms in total. The zero-order chi connectivity index (χ0) is 20.3. The fourth-order valence-electron chi connectivity index (χ4n) is 2.49. The van der Waals surface area contributed by atoms with E-state index in [1.165, 1.54) is 6.08 Å². The highest BCUT2D eigenvalue weighted by Crippen LogP contribution is 2.36. The lowest BCUT2D eigenvalue weighted by molar-refractivity contribution is -0.139. The maximum atomic E-state index is 12.7. The molecule has 0 aromatic heterocycles. The van der Waals surface area contributed by atoms with Crippen molar-refractivity contribution >= 4 is 58.2 Å². The summed E-state index contributed by atoms with van der Waals surface area (Å²) in [6, 6.07) is 11.6. The molecule has 2 aromatic carbocycles. The van der Waals surface area contributed by atoms with E-state index in [4.69, 9.17) is 33.0 Å². The first-order chi connectivity index (χ1) is 13.4. The molecule has 0 bridgehead atoms. The molecule has 1 saturated heterocycles. The van der Waals surface area contributed by atoms with Crippen molar-refractivity contribution in [1.82, 2.24) is 4.90 Å². The molecule has 28 heavy (non-hydrogen) atoms. The second kappa shape index (κ2) is 8.68. The van der Waals surface area contributed by atoms with Crippen molar-refractivity contribution < 1.29 is 24.2 Å². The van der Waals surface area contributed by atoms with Crippen molar-refractivity contribution in [2.45, 2.75) is 6.54 Å². The predicted molar refractivity (Wildman–Crippen MR) is 108 cm³/mol. The van der Waals surface area contributed by atoms with Gasteiger partial charge in [0.15, 0.2) is 6.61 Å². The lowest BCUT2D eigenvalue weighted by Gasteiger charge is -2.14. The molecule has 1 aliphatic heterocycles. The van der Waals surface area contributed by atoms with Crippen molar-refractivity contribution in [3.05, 3.63) is 68.5 Å². The van der Waals surface area contributed by atoms with Crippen LogP contribution in [0.5, 0.6) is 5.75 Å². The van der Waals surface area contributed by atoms with Gasteiger partial charge in [0.1, 0.15) is 5.75 Å². The predicted octanol–water partition coefficient (Wildman–Crippen LogP) is 4.69. The van der Waals surface area contributed by atoms with Gasteiger partial charge in [-0.1, -0.05) is 47.5 Å². The maximum Gasteiger partial charge on any atom is 0.341 e. The number of carboxylic acids is 1. The van der Waals surface area contributed by atoms with Crippen molar-refractivity contribution in [3.63, 3.8) is 0 Å². The van der Waals surface area contributed by atoms with Crippen LogP contribution in [0.2, 0.25) is 10.0 Å². The first kappa shape index (κ1) is 20.3. The number of nitrogens with zero attached hydrogens (tertiary/aromatic N) is 1. The third-order valence-electron chi connectivity index (χ3n) is 3.81. The first-order valence-electron chi connectivity index (χ1n) is 7.98. The summed E-state index contributed by atoms with van der Waals surface area (Å²) in [4.78, 5) is 37.0. The van der Waals surface area contributed by atoms with Crippen molar-refractivity contribution in [2.75, 3.05) is 6.61 Å². The van der Waals surface area contributed by atoms with E-state index < -0.39 is 23.7 Å². The van der Waals surface area contributed by atoms with Gasteiger partial charge >= 0.3 is 5.97 Å². The van der Waals surface area contributed by atoms with E-state index in [-0.39, 0.29) is 11.4 Å². The molecule has 1 fully saturated rings. The van der Waals surface area contributed by atoms with Crippen LogP contribution in [0, 0.1) is 0 Å². The number of aliphatic carboxylic acids is 1. The Morgan fingerprint density at radius 2 is 1.79 bits per heavy atom. The minimum atomic E-state index is -1.12. The van der Waals surface area contributed by atoms with E-state index in [1.54, 1.807) is 42.5 Å². The third-order valence-corrected chi connectivity index (χ3v) is 5.42. The van der Waals surface area contributed by atoms with Crippen LogP contribution in [0.1, 0.15) is 11.1 Å². The summed E-state index contributed by atoms with van der Waals surface area (Å²) in [5, 5.41) is 9.05. The number of carboxylic acid groups (broad SMARTS) is 1. The summed E-state index contributed by atoms with van der Waals surface area (Å²) in [6.45, 7) is -0.561. The van der Waals surface area contributed by atoms with E-state index in [0.29, 0.717) is 26.9 Å². The van der Waals surface area contributed by atoms with Crippen LogP contribution in [-0.4, -0.2) is 33.7 Å². The molecule has 2 amide bonds. The molecule has 3 rings (SSSR count). The Labute approximate surface area is 174 Å². The van der Waals surface area contributed by atoms with E-state index in [0.717, 1.165) is 16.7 Å². The Hall–Kier alpha value is -2.48. The van der Waals surface area contributed by atoms with Crippen LogP contribution in [0.15, 0.2) is 47.4 Å². The van der Waals surface area contributed by atoms with Gasteiger partial charge in [-0.25, -0.2) is 4.79 Å². The van der Waals surface area contributed by atoms with Gasteiger partial charge in [0, 0.05) is 21.2 Å². The summed E-state index contributed by atoms with van der Waals surface area (Å²) >= 11 is 13.0. The highest BCUT2D eigenvalue weighted by molar-refractivity contribution is 8.18. The average Bonchev–Trinajstić information content (AvgIpc) is 2.91. The van der Waals surface area contributed by atoms with Gasteiger partial charge in [-0.15, -0.1) is 0 Å². The number of benzene rings is 2. The summed E-state index contributed by atoms with van der Waals surface area (Å²) in [5.74, 6) is -1.31. The number of hydrogen-bond acceptors (Lipinski definition) is 5. The fraction of sp³-hybridized carbons (Fsp3) is 0.105. The summed E-state index contributed by atoms with van der Waals surface area (Å²) in [6.07, 6.45) is 1.50. The van der Waals surface area contributed by atoms with Gasteiger partial charge in [0.05, 0.1) is 11.4 Å². The molecular formula is C19H13Cl2NO5S. The van der Waals surface area contributed by atoms with E-state index in [1.807, 2.05) is 0 Å². The number of para-hydroxylation sites is 1. The average molecular weight is 438 g/mol. The van der Waals surface area contributed by atoms with Gasteiger partial charge in [-0.3, -0.25) is 14.5 Å². The Morgan fingerprint density at radius 1 is 1.11 bits per heavy atom. The van der Waals surface area contributed by atoms with Crippen molar-refractivity contribution in [3.8, 4) is 5.75 Å². The number of amides is 2. The smallest absolute Gasteiger partial charge is 0.341 e. The Kier molecular flexibility index (Phi) is 6.28. The molecule has 1 N–H and O–H groups in total. The molecule has 0 unspecified atom stereocenters. The maximum absolute atomic E-state index is 12.7. The number of thioether (sulfide) groups is 1. The SMILES string of the molecule is O=C(O)COc1ccccc1/C=C1\SC(=O)N(Cc2c(Cl)cccc2Cl)C1=O. The molecule has 1 heterocycles. The summed E-state index contributed by atoms with van der Waals surface area (Å²) < 4.78 is 5.23. The van der Waals surface area contributed by atoms with Crippen LogP contribution >= 0.6 is 35.0 Å². The Bertz CT molecular complexity index is 972. The number of ether oxygens (including phenoxy) is 1. The number of hydrogen-bond donors (Lipinski definition) is 1. The minimum absolute atomic E-state index is 0.0440. The largest absolute Gasteiger partial charge is 0.481 e. The number of rotatable bonds is 6. The van der Waals surface area contributed by atoms with Gasteiger partial charge < -0.3 is 9.84 Å². The zero-order valence-electron chi connectivity index (χ0n) is 14.2. The van der Waals surface area contributed by atoms with Gasteiger partial charge in [-0.2, -0.15) is 0 Å². The van der Waals surface area contributed by atoms with E-state index in [2.05, 4.69) is 0 Å². The van der Waals surface area contributed by atoms with Crippen LogP contribution in [-0.2, 0) is 16.1 Å². The molecule has 9 heteroatoms. The molecule has 144 valence electrons. The summed E-state index contributed by atoms with van der Waals surface area (Å²) in [5.41, 5.74) is 0.976. The normalized spacial score (nSPS) is 15.4. The first-order valence-corrected chi connectivity index (χ1v) is 9.56. The van der Waals surface area contributed by atoms with Crippen LogP contribution in [0.4, 0.5) is 4.79 Å². The van der Waals surface area contributed by atoms with Crippen LogP contribution in [0.3, 0.4) is 0 Å². The fourth-order valence-corrected chi connectivity index (χ4v) is 3.84. The lowest BCUT2D eigenvalue weighted by Crippen LogP contribution is -2.27. The molecule has 2 aromatic rings. The standard InChI is InChI=1S/C19H13Cl2NO5S/c20-13-5-3-6-14(21)12(13)9-22-18(25)16(28-19(22)26)8-11-4-1-2-7-15(11)27-10-17(23)24/h1-8H,9-10H2,(H,23,24)/b16-8-. The topological polar surface area (TPSA) is 83.9 Å². The monoisotopic (exact) mass is 437 g/mol. The summed E-state index contributed by atoms with van der Waals surface area (Å²) in [7, 11) is 0. The molecule has 0 spiro atoms. The molecule has 0 saturated carbocycles. The Morgan fingerprint density at radius 3 is 2.46 bits per heavy atom. The molecule has 0 radical (unpaired) electrons. The second-order valence-corrected chi connectivity index (χ2v) is 7.50. The molecular weight excluding hydrogens is 425 g/mol. The third kappa shape index (κ3) is 4.49. The molecule has 0 atom stereocenters. The lowest BCUT2D eigenvalue weighted by atomic mass is 10.1. The van der Waals surface area contributed by atoms with Gasteiger partial charge in [0.25, 0.3) is 11.1 Å². The zero-order valence-corrected chi connectivity index (χ0v) is 16.6.